The van der Waals surface area contributed by atoms with Crippen LogP contribution in [0.5, 0.6) is 0 Å². The fourth-order valence-electron chi connectivity index (χ4n) is 2.09. The van der Waals surface area contributed by atoms with Crippen LogP contribution in [0.4, 0.5) is 0 Å². The molecule has 19 heavy (non-hydrogen) atoms. The highest BCUT2D eigenvalue weighted by Crippen LogP contribution is 2.23. The van der Waals surface area contributed by atoms with E-state index in [0.717, 1.165) is 4.31 Å². The van der Waals surface area contributed by atoms with Gasteiger partial charge in [0.1, 0.15) is 0 Å². The summed E-state index contributed by atoms with van der Waals surface area (Å²) in [5, 5.41) is 9.72. The highest BCUT2D eigenvalue weighted by molar-refractivity contribution is 7.92. The maximum atomic E-state index is 12.3. The summed E-state index contributed by atoms with van der Waals surface area (Å²) in [5.41, 5.74) is 0. The first-order chi connectivity index (χ1) is 8.74. The van der Waals surface area contributed by atoms with Crippen molar-refractivity contribution >= 4 is 19.9 Å². The molecule has 2 rings (SSSR count). The van der Waals surface area contributed by atoms with Crippen molar-refractivity contribution in [3.8, 4) is 0 Å². The number of sulfonamides is 1. The highest BCUT2D eigenvalue weighted by Gasteiger charge is 2.42. The topological polar surface area (TPSA) is 91.8 Å². The molecule has 0 aromatic heterocycles. The molecular formula is C11H15NO5S2. The average molecular weight is 305 g/mol. The molecule has 0 bridgehead atoms. The van der Waals surface area contributed by atoms with Crippen molar-refractivity contribution in [1.82, 2.24) is 4.31 Å². The van der Waals surface area contributed by atoms with E-state index in [0.29, 0.717) is 0 Å². The molecule has 1 N–H and O–H groups in total. The van der Waals surface area contributed by atoms with Gasteiger partial charge in [0.15, 0.2) is 9.84 Å². The Bertz CT molecular complexity index is 654. The normalized spacial score (nSPS) is 26.7. The first kappa shape index (κ1) is 14.4. The van der Waals surface area contributed by atoms with Crippen LogP contribution in [0.15, 0.2) is 35.2 Å². The second-order valence-electron chi connectivity index (χ2n) is 4.55. The van der Waals surface area contributed by atoms with E-state index < -0.39 is 37.8 Å². The van der Waals surface area contributed by atoms with Gasteiger partial charge < -0.3 is 5.11 Å². The number of rotatable bonds is 3. The average Bonchev–Trinajstić information content (AvgIpc) is 2.63. The molecule has 1 aliphatic heterocycles. The van der Waals surface area contributed by atoms with Gasteiger partial charge >= 0.3 is 0 Å². The highest BCUT2D eigenvalue weighted by atomic mass is 32.2. The molecule has 1 aromatic rings. The van der Waals surface area contributed by atoms with Gasteiger partial charge in [0.2, 0.25) is 10.0 Å². The van der Waals surface area contributed by atoms with E-state index in [1.807, 2.05) is 0 Å². The Morgan fingerprint density at radius 1 is 1.21 bits per heavy atom. The summed E-state index contributed by atoms with van der Waals surface area (Å²) >= 11 is 0. The van der Waals surface area contributed by atoms with E-state index in [1.165, 1.54) is 19.2 Å². The summed E-state index contributed by atoms with van der Waals surface area (Å²) in [7, 11) is -5.90. The Labute approximate surface area is 112 Å². The predicted molar refractivity (Wildman–Crippen MR) is 69.8 cm³/mol. The zero-order valence-electron chi connectivity index (χ0n) is 10.3. The third kappa shape index (κ3) is 2.81. The first-order valence-corrected chi connectivity index (χ1v) is 8.92. The van der Waals surface area contributed by atoms with Crippen LogP contribution in [-0.4, -0.2) is 56.9 Å². The molecule has 1 heterocycles. The van der Waals surface area contributed by atoms with E-state index in [2.05, 4.69) is 0 Å². The van der Waals surface area contributed by atoms with Crippen LogP contribution >= 0.6 is 0 Å². The Hall–Kier alpha value is -0.960. The quantitative estimate of drug-likeness (QED) is 0.810. The Balaban J connectivity index is 2.33. The van der Waals surface area contributed by atoms with Crippen LogP contribution in [-0.2, 0) is 19.9 Å². The van der Waals surface area contributed by atoms with Crippen molar-refractivity contribution < 1.29 is 21.9 Å². The molecule has 0 spiro atoms. The van der Waals surface area contributed by atoms with Crippen LogP contribution in [0.2, 0.25) is 0 Å². The van der Waals surface area contributed by atoms with Gasteiger partial charge in [-0.3, -0.25) is 0 Å². The van der Waals surface area contributed by atoms with Crippen LogP contribution in [0.1, 0.15) is 0 Å². The predicted octanol–water partition coefficient (Wildman–Crippen LogP) is -0.535. The van der Waals surface area contributed by atoms with Crippen LogP contribution in [0.25, 0.3) is 0 Å². The summed E-state index contributed by atoms with van der Waals surface area (Å²) < 4.78 is 48.4. The van der Waals surface area contributed by atoms with Gasteiger partial charge in [0.05, 0.1) is 28.5 Å². The lowest BCUT2D eigenvalue weighted by Crippen LogP contribution is -2.44. The zero-order valence-corrected chi connectivity index (χ0v) is 11.9. The number of aliphatic hydroxyl groups excluding tert-OH is 1. The number of sulfone groups is 1. The van der Waals surface area contributed by atoms with Gasteiger partial charge in [-0.25, -0.2) is 16.8 Å². The van der Waals surface area contributed by atoms with Crippen molar-refractivity contribution in [3.05, 3.63) is 30.3 Å². The van der Waals surface area contributed by atoms with Gasteiger partial charge in [-0.2, -0.15) is 4.31 Å². The first-order valence-electron chi connectivity index (χ1n) is 5.65. The number of aliphatic hydroxyl groups is 1. The number of nitrogens with zero attached hydrogens (tertiary/aromatic N) is 1. The number of hydrogen-bond acceptors (Lipinski definition) is 5. The number of hydrogen-bond donors (Lipinski definition) is 1. The van der Waals surface area contributed by atoms with Gasteiger partial charge in [0.25, 0.3) is 0 Å². The van der Waals surface area contributed by atoms with Crippen LogP contribution in [0, 0.1) is 0 Å². The summed E-state index contributed by atoms with van der Waals surface area (Å²) in [6.07, 6.45) is -1.19. The third-order valence-corrected chi connectivity index (χ3v) is 6.78. The van der Waals surface area contributed by atoms with E-state index in [-0.39, 0.29) is 10.6 Å². The lowest BCUT2D eigenvalue weighted by Gasteiger charge is -2.25. The third-order valence-electron chi connectivity index (χ3n) is 3.18. The molecule has 1 aliphatic rings. The maximum Gasteiger partial charge on any atom is 0.243 e. The zero-order chi connectivity index (χ0) is 14.3. The molecule has 1 saturated heterocycles. The van der Waals surface area contributed by atoms with Crippen molar-refractivity contribution in [3.63, 3.8) is 0 Å². The lowest BCUT2D eigenvalue weighted by atomic mass is 10.2. The molecule has 0 radical (unpaired) electrons. The van der Waals surface area contributed by atoms with Gasteiger partial charge in [-0.05, 0) is 12.1 Å². The van der Waals surface area contributed by atoms with Gasteiger partial charge in [-0.15, -0.1) is 0 Å². The summed E-state index contributed by atoms with van der Waals surface area (Å²) in [4.78, 5) is 0.0778. The largest absolute Gasteiger partial charge is 0.390 e. The molecule has 0 unspecified atom stereocenters. The molecule has 6 nitrogen and oxygen atoms in total. The summed E-state index contributed by atoms with van der Waals surface area (Å²) in [6, 6.07) is 6.79. The van der Waals surface area contributed by atoms with Crippen molar-refractivity contribution in [1.29, 1.82) is 0 Å². The molecule has 0 amide bonds. The Morgan fingerprint density at radius 3 is 2.26 bits per heavy atom. The molecular weight excluding hydrogens is 290 g/mol. The summed E-state index contributed by atoms with van der Waals surface area (Å²) in [5.74, 6) is -0.747. The maximum absolute atomic E-state index is 12.3. The summed E-state index contributed by atoms with van der Waals surface area (Å²) in [6.45, 7) is 0. The van der Waals surface area contributed by atoms with Crippen LogP contribution < -0.4 is 0 Å². The molecule has 1 aromatic carbocycles. The smallest absolute Gasteiger partial charge is 0.243 e. The standard InChI is InChI=1S/C11H15NO5S2/c1-12(10-7-18(14,15)8-11(10)13)19(16,17)9-5-3-2-4-6-9/h2-6,10-11,13H,7-8H2,1H3/t10-,11-/m0/s1. The number of benzene rings is 1. The number of likely N-dealkylation sites (N-methyl/N-ethyl adjacent to an activating group) is 1. The molecule has 8 heteroatoms. The van der Waals surface area contributed by atoms with E-state index in [4.69, 9.17) is 0 Å². The van der Waals surface area contributed by atoms with E-state index in [9.17, 15) is 21.9 Å². The second kappa shape index (κ2) is 4.86. The van der Waals surface area contributed by atoms with Gasteiger partial charge in [-0.1, -0.05) is 18.2 Å². The van der Waals surface area contributed by atoms with Crippen molar-refractivity contribution in [2.75, 3.05) is 18.6 Å². The van der Waals surface area contributed by atoms with Gasteiger partial charge in [0, 0.05) is 7.05 Å². The minimum Gasteiger partial charge on any atom is -0.390 e. The Morgan fingerprint density at radius 2 is 1.79 bits per heavy atom. The van der Waals surface area contributed by atoms with Crippen LogP contribution in [0.3, 0.4) is 0 Å². The SMILES string of the molecule is CN([C@H]1CS(=O)(=O)C[C@@H]1O)S(=O)(=O)c1ccccc1. The molecule has 2 atom stereocenters. The fourth-order valence-corrected chi connectivity index (χ4v) is 5.44. The monoisotopic (exact) mass is 305 g/mol. The van der Waals surface area contributed by atoms with E-state index in [1.54, 1.807) is 18.2 Å². The van der Waals surface area contributed by atoms with Crippen molar-refractivity contribution in [2.24, 2.45) is 0 Å². The van der Waals surface area contributed by atoms with Crippen molar-refractivity contribution in [2.45, 2.75) is 17.0 Å². The lowest BCUT2D eigenvalue weighted by molar-refractivity contribution is 0.137. The molecule has 0 aliphatic carbocycles. The second-order valence-corrected chi connectivity index (χ2v) is 8.70. The fraction of sp³-hybridized carbons (Fsp3) is 0.455. The Kier molecular flexibility index (Phi) is 3.69. The molecule has 0 saturated carbocycles. The molecule has 1 fully saturated rings. The minimum absolute atomic E-state index is 0.0778. The molecule has 106 valence electrons. The minimum atomic E-state index is -3.80. The van der Waals surface area contributed by atoms with E-state index >= 15 is 0 Å².